The Morgan fingerprint density at radius 3 is 2.24 bits per heavy atom. The summed E-state index contributed by atoms with van der Waals surface area (Å²) in [6, 6.07) is 17.1. The lowest BCUT2D eigenvalue weighted by Gasteiger charge is -2.26. The standard InChI is InChI=1S/C24H22ClN5O5S2/c25-15-3-8-19(9-4-15)37(34,35)29-16-5-1-14-2-12-20-22(24(26)31)28-30(23(20)21(14)13-16)17-6-10-18(11-7-17)36(27,32)33/h1,3-11,13,29,32-33H,2,12,27H2,(H2,26,31). The van der Waals surface area contributed by atoms with Crippen LogP contribution in [0.15, 0.2) is 76.5 Å². The third kappa shape index (κ3) is 4.82. The summed E-state index contributed by atoms with van der Waals surface area (Å²) in [5.41, 5.74) is 9.44. The molecule has 1 amide bonds. The number of carbonyl (C=O) groups is 1. The van der Waals surface area contributed by atoms with Crippen molar-refractivity contribution in [2.45, 2.75) is 22.6 Å². The van der Waals surface area contributed by atoms with Gasteiger partial charge in [0.05, 0.1) is 21.2 Å². The van der Waals surface area contributed by atoms with Crippen LogP contribution in [-0.4, -0.2) is 33.2 Å². The minimum atomic E-state index is -3.89. The highest BCUT2D eigenvalue weighted by Crippen LogP contribution is 2.41. The van der Waals surface area contributed by atoms with Gasteiger partial charge in [0.25, 0.3) is 15.9 Å². The Morgan fingerprint density at radius 2 is 1.62 bits per heavy atom. The Balaban J connectivity index is 1.61. The SMILES string of the molecule is NC(=O)c1nn(-c2ccc(S(N)(O)O)cc2)c2c1CCc1ccc(NS(=O)(=O)c3ccc(Cl)cc3)cc1-2. The number of primary amides is 1. The highest BCUT2D eigenvalue weighted by molar-refractivity contribution is 8.22. The van der Waals surface area contributed by atoms with Gasteiger partial charge in [-0.3, -0.25) is 18.6 Å². The molecule has 10 nitrogen and oxygen atoms in total. The van der Waals surface area contributed by atoms with Crippen LogP contribution in [-0.2, 0) is 22.9 Å². The smallest absolute Gasteiger partial charge is 0.269 e. The first-order chi connectivity index (χ1) is 17.4. The topological polar surface area (TPSA) is 174 Å². The number of amides is 1. The van der Waals surface area contributed by atoms with Crippen molar-refractivity contribution in [2.75, 3.05) is 4.72 Å². The minimum Gasteiger partial charge on any atom is -0.364 e. The number of halogens is 1. The summed E-state index contributed by atoms with van der Waals surface area (Å²) in [7, 11) is -7.29. The number of anilines is 1. The molecule has 1 aromatic heterocycles. The molecule has 13 heteroatoms. The van der Waals surface area contributed by atoms with E-state index in [1.807, 2.05) is 6.07 Å². The Bertz CT molecular complexity index is 1630. The first kappa shape index (κ1) is 25.3. The quantitative estimate of drug-likeness (QED) is 0.235. The van der Waals surface area contributed by atoms with Gasteiger partial charge in [0.15, 0.2) is 5.69 Å². The summed E-state index contributed by atoms with van der Waals surface area (Å²) in [6.07, 6.45) is 1.11. The van der Waals surface area contributed by atoms with Crippen LogP contribution in [0.4, 0.5) is 5.69 Å². The van der Waals surface area contributed by atoms with Crippen molar-refractivity contribution in [3.63, 3.8) is 0 Å². The van der Waals surface area contributed by atoms with Gasteiger partial charge in [0.1, 0.15) is 0 Å². The summed E-state index contributed by atoms with van der Waals surface area (Å²) < 4.78 is 49.5. The van der Waals surface area contributed by atoms with Crippen molar-refractivity contribution in [3.8, 4) is 16.9 Å². The van der Waals surface area contributed by atoms with E-state index in [2.05, 4.69) is 9.82 Å². The molecule has 0 atom stereocenters. The van der Waals surface area contributed by atoms with E-state index < -0.39 is 26.7 Å². The normalized spacial score (nSPS) is 13.5. The molecule has 1 aliphatic carbocycles. The fourth-order valence-electron chi connectivity index (χ4n) is 4.30. The van der Waals surface area contributed by atoms with Crippen LogP contribution in [0.2, 0.25) is 5.02 Å². The predicted octanol–water partition coefficient (Wildman–Crippen LogP) is 4.17. The first-order valence-electron chi connectivity index (χ1n) is 10.9. The molecule has 1 aliphatic rings. The van der Waals surface area contributed by atoms with Crippen molar-refractivity contribution in [3.05, 3.63) is 88.6 Å². The van der Waals surface area contributed by atoms with E-state index in [0.29, 0.717) is 46.1 Å². The molecule has 5 rings (SSSR count). The Labute approximate surface area is 219 Å². The second kappa shape index (κ2) is 9.17. The number of fused-ring (bicyclic) bond motifs is 3. The van der Waals surface area contributed by atoms with Crippen LogP contribution in [0.3, 0.4) is 0 Å². The number of hydrogen-bond donors (Lipinski definition) is 5. The largest absolute Gasteiger partial charge is 0.364 e. The number of benzene rings is 3. The summed E-state index contributed by atoms with van der Waals surface area (Å²) >= 11 is 5.88. The number of aromatic nitrogens is 2. The molecule has 0 radical (unpaired) electrons. The molecule has 0 saturated carbocycles. The maximum absolute atomic E-state index is 12.9. The number of rotatable bonds is 6. The molecule has 0 unspecified atom stereocenters. The summed E-state index contributed by atoms with van der Waals surface area (Å²) in [5, 5.41) is 10.3. The van der Waals surface area contributed by atoms with Crippen molar-refractivity contribution >= 4 is 44.0 Å². The molecule has 192 valence electrons. The number of sulfonamides is 1. The van der Waals surface area contributed by atoms with Gasteiger partial charge < -0.3 is 5.73 Å². The third-order valence-electron chi connectivity index (χ3n) is 6.03. The maximum Gasteiger partial charge on any atom is 0.269 e. The van der Waals surface area contributed by atoms with Gasteiger partial charge in [0, 0.05) is 21.8 Å². The van der Waals surface area contributed by atoms with Gasteiger partial charge in [-0.15, -0.1) is 10.8 Å². The molecular formula is C24H22ClN5O5S2. The highest BCUT2D eigenvalue weighted by Gasteiger charge is 2.29. The zero-order valence-corrected chi connectivity index (χ0v) is 21.5. The number of hydrogen-bond acceptors (Lipinski definition) is 7. The second-order valence-electron chi connectivity index (χ2n) is 8.47. The minimum absolute atomic E-state index is 0.0577. The van der Waals surface area contributed by atoms with Crippen LogP contribution in [0.25, 0.3) is 16.9 Å². The van der Waals surface area contributed by atoms with E-state index in [1.54, 1.807) is 24.3 Å². The van der Waals surface area contributed by atoms with E-state index in [-0.39, 0.29) is 15.5 Å². The Hall–Kier alpha value is -3.39. The molecule has 0 spiro atoms. The molecule has 7 N–H and O–H groups in total. The summed E-state index contributed by atoms with van der Waals surface area (Å²) in [4.78, 5) is 12.4. The Kier molecular flexibility index (Phi) is 6.26. The van der Waals surface area contributed by atoms with Gasteiger partial charge in [0.2, 0.25) is 0 Å². The van der Waals surface area contributed by atoms with Crippen LogP contribution in [0.5, 0.6) is 0 Å². The molecular weight excluding hydrogens is 538 g/mol. The lowest BCUT2D eigenvalue weighted by molar-refractivity contribution is 0.0994. The Morgan fingerprint density at radius 1 is 0.973 bits per heavy atom. The molecule has 0 saturated heterocycles. The highest BCUT2D eigenvalue weighted by atomic mass is 35.5. The van der Waals surface area contributed by atoms with Crippen LogP contribution < -0.4 is 15.6 Å². The average molecular weight is 560 g/mol. The lowest BCUT2D eigenvalue weighted by Crippen LogP contribution is -2.16. The summed E-state index contributed by atoms with van der Waals surface area (Å²) in [5.74, 6) is -0.689. The van der Waals surface area contributed by atoms with E-state index in [0.717, 1.165) is 5.56 Å². The van der Waals surface area contributed by atoms with Gasteiger partial charge in [-0.25, -0.2) is 18.2 Å². The number of nitrogens with two attached hydrogens (primary N) is 2. The zero-order valence-electron chi connectivity index (χ0n) is 19.1. The van der Waals surface area contributed by atoms with Gasteiger partial charge in [-0.1, -0.05) is 17.7 Å². The van der Waals surface area contributed by atoms with E-state index >= 15 is 0 Å². The maximum atomic E-state index is 12.9. The molecule has 0 fully saturated rings. The zero-order chi connectivity index (χ0) is 26.5. The molecule has 3 aromatic carbocycles. The van der Waals surface area contributed by atoms with Gasteiger partial charge in [-0.2, -0.15) is 5.10 Å². The van der Waals surface area contributed by atoms with Crippen molar-refractivity contribution in [1.29, 1.82) is 0 Å². The molecule has 37 heavy (non-hydrogen) atoms. The first-order valence-corrected chi connectivity index (χ1v) is 14.4. The second-order valence-corrected chi connectivity index (χ2v) is 12.2. The molecule has 0 bridgehead atoms. The van der Waals surface area contributed by atoms with Gasteiger partial charge in [-0.05, 0) is 79.1 Å². The van der Waals surface area contributed by atoms with E-state index in [1.165, 1.54) is 41.1 Å². The van der Waals surface area contributed by atoms with Crippen LogP contribution in [0.1, 0.15) is 21.6 Å². The van der Waals surface area contributed by atoms with E-state index in [9.17, 15) is 22.3 Å². The van der Waals surface area contributed by atoms with Crippen molar-refractivity contribution in [1.82, 2.24) is 9.78 Å². The summed E-state index contributed by atoms with van der Waals surface area (Å²) in [6.45, 7) is 0. The van der Waals surface area contributed by atoms with E-state index in [4.69, 9.17) is 22.5 Å². The lowest BCUT2D eigenvalue weighted by atomic mass is 9.88. The van der Waals surface area contributed by atoms with Crippen LogP contribution >= 0.6 is 22.4 Å². The number of aryl methyl sites for hydroxylation is 1. The molecule has 1 heterocycles. The predicted molar refractivity (Wildman–Crippen MR) is 142 cm³/mol. The fourth-order valence-corrected chi connectivity index (χ4v) is 6.01. The molecule has 4 aromatic rings. The monoisotopic (exact) mass is 559 g/mol. The molecule has 0 aliphatic heterocycles. The van der Waals surface area contributed by atoms with Gasteiger partial charge >= 0.3 is 0 Å². The van der Waals surface area contributed by atoms with Crippen LogP contribution in [0, 0.1) is 0 Å². The fraction of sp³-hybridized carbons (Fsp3) is 0.0833. The number of carbonyl (C=O) groups excluding carboxylic acids is 1. The number of nitrogens with zero attached hydrogens (tertiary/aromatic N) is 2. The number of nitrogens with one attached hydrogen (secondary N) is 1. The van der Waals surface area contributed by atoms with Crippen molar-refractivity contribution < 1.29 is 22.3 Å². The third-order valence-corrected chi connectivity index (χ3v) is 8.65. The average Bonchev–Trinajstić information content (AvgIpc) is 3.24. The van der Waals surface area contributed by atoms with Crippen molar-refractivity contribution in [2.24, 2.45) is 10.9 Å².